The summed E-state index contributed by atoms with van der Waals surface area (Å²) in [4.78, 5) is 29.9. The predicted molar refractivity (Wildman–Crippen MR) is 95.0 cm³/mol. The Morgan fingerprint density at radius 1 is 1.12 bits per heavy atom. The molecule has 0 fully saturated rings. The van der Waals surface area contributed by atoms with Crippen LogP contribution in [-0.4, -0.2) is 36.2 Å². The monoisotopic (exact) mass is 373 g/mol. The lowest BCUT2D eigenvalue weighted by atomic mass is 10.2. The van der Waals surface area contributed by atoms with Crippen LogP contribution in [0, 0.1) is 0 Å². The number of benzene rings is 1. The highest BCUT2D eigenvalue weighted by Crippen LogP contribution is 2.23. The molecule has 1 aliphatic rings. The fraction of sp³-hybridized carbons (Fsp3) is 0.278. The van der Waals surface area contributed by atoms with Crippen LogP contribution in [0.1, 0.15) is 46.7 Å². The summed E-state index contributed by atoms with van der Waals surface area (Å²) in [6, 6.07) is 9.15. The number of amides is 2. The van der Waals surface area contributed by atoms with Crippen molar-refractivity contribution in [1.29, 1.82) is 0 Å². The molecule has 0 bridgehead atoms. The summed E-state index contributed by atoms with van der Waals surface area (Å²) in [6.45, 7) is 3.75. The first kappa shape index (κ1) is 18.2. The number of carbonyl (C=O) groups excluding carboxylic acids is 2. The molecule has 0 saturated heterocycles. The third-order valence-electron chi connectivity index (χ3n) is 4.27. The Morgan fingerprint density at radius 3 is 2.42 bits per heavy atom. The Labute approximate surface area is 152 Å². The van der Waals surface area contributed by atoms with Crippen LogP contribution in [0.5, 0.6) is 0 Å². The van der Waals surface area contributed by atoms with E-state index in [1.165, 1.54) is 18.3 Å². The second-order valence-corrected chi connectivity index (χ2v) is 7.88. The number of pyridine rings is 1. The highest BCUT2D eigenvalue weighted by atomic mass is 32.2. The molecule has 2 heterocycles. The van der Waals surface area contributed by atoms with Crippen molar-refractivity contribution >= 4 is 21.8 Å². The second kappa shape index (κ2) is 6.97. The number of hydrogen-bond donors (Lipinski definition) is 1. The van der Waals surface area contributed by atoms with Gasteiger partial charge in [0.1, 0.15) is 5.69 Å². The van der Waals surface area contributed by atoms with E-state index in [-0.39, 0.29) is 28.7 Å². The van der Waals surface area contributed by atoms with Crippen molar-refractivity contribution < 1.29 is 18.0 Å². The van der Waals surface area contributed by atoms with E-state index in [1.807, 2.05) is 6.92 Å². The van der Waals surface area contributed by atoms with Crippen LogP contribution in [0.4, 0.5) is 0 Å². The van der Waals surface area contributed by atoms with E-state index in [2.05, 4.69) is 9.71 Å². The van der Waals surface area contributed by atoms with Crippen molar-refractivity contribution in [3.05, 3.63) is 59.4 Å². The topological polar surface area (TPSA) is 96.4 Å². The van der Waals surface area contributed by atoms with E-state index in [0.717, 1.165) is 4.90 Å². The molecule has 0 radical (unpaired) electrons. The van der Waals surface area contributed by atoms with E-state index < -0.39 is 21.8 Å². The lowest BCUT2D eigenvalue weighted by Gasteiger charge is -2.15. The molecule has 0 spiro atoms. The smallest absolute Gasteiger partial charge is 0.268 e. The predicted octanol–water partition coefficient (Wildman–Crippen LogP) is 1.95. The van der Waals surface area contributed by atoms with Gasteiger partial charge in [-0.15, -0.1) is 0 Å². The Hall–Kier alpha value is -2.58. The third kappa shape index (κ3) is 3.38. The number of sulfonamides is 1. The highest BCUT2D eigenvalue weighted by molar-refractivity contribution is 7.89. The van der Waals surface area contributed by atoms with E-state index in [9.17, 15) is 18.0 Å². The minimum atomic E-state index is -3.59. The number of aromatic nitrogens is 1. The fourth-order valence-corrected chi connectivity index (χ4v) is 3.96. The lowest BCUT2D eigenvalue weighted by Crippen LogP contribution is -2.32. The molecule has 1 aromatic carbocycles. The zero-order chi connectivity index (χ0) is 18.9. The van der Waals surface area contributed by atoms with Crippen molar-refractivity contribution in [3.63, 3.8) is 0 Å². The van der Waals surface area contributed by atoms with Crippen LogP contribution in [0.2, 0.25) is 0 Å². The molecule has 7 nitrogen and oxygen atoms in total. The van der Waals surface area contributed by atoms with E-state index in [4.69, 9.17) is 0 Å². The molecule has 136 valence electrons. The molecule has 3 rings (SSSR count). The number of imide groups is 1. The summed E-state index contributed by atoms with van der Waals surface area (Å²) in [5, 5.41) is 0. The number of fused-ring (bicyclic) bond motifs is 1. The highest BCUT2D eigenvalue weighted by Gasteiger charge is 2.36. The van der Waals surface area contributed by atoms with Gasteiger partial charge in [0.15, 0.2) is 0 Å². The van der Waals surface area contributed by atoms with E-state index in [1.54, 1.807) is 31.2 Å². The minimum Gasteiger partial charge on any atom is -0.268 e. The summed E-state index contributed by atoms with van der Waals surface area (Å²) in [7, 11) is -3.59. The first-order valence-corrected chi connectivity index (χ1v) is 9.74. The molecule has 1 N–H and O–H groups in total. The van der Waals surface area contributed by atoms with Gasteiger partial charge in [-0.3, -0.25) is 19.5 Å². The van der Waals surface area contributed by atoms with Gasteiger partial charge in [-0.05, 0) is 43.2 Å². The van der Waals surface area contributed by atoms with Gasteiger partial charge in [-0.1, -0.05) is 19.1 Å². The maximum absolute atomic E-state index is 12.4. The lowest BCUT2D eigenvalue weighted by molar-refractivity contribution is 0.0640. The summed E-state index contributed by atoms with van der Waals surface area (Å²) in [5.74, 6) is -0.839. The molecule has 2 aromatic rings. The van der Waals surface area contributed by atoms with Crippen molar-refractivity contribution in [2.24, 2.45) is 0 Å². The zero-order valence-corrected chi connectivity index (χ0v) is 15.3. The number of nitrogens with zero attached hydrogens (tertiary/aromatic N) is 2. The van der Waals surface area contributed by atoms with E-state index >= 15 is 0 Å². The number of nitrogens with one attached hydrogen (secondary N) is 1. The van der Waals surface area contributed by atoms with Crippen LogP contribution >= 0.6 is 0 Å². The van der Waals surface area contributed by atoms with Gasteiger partial charge in [0.25, 0.3) is 11.8 Å². The first-order chi connectivity index (χ1) is 12.3. The summed E-state index contributed by atoms with van der Waals surface area (Å²) < 4.78 is 27.1. The van der Waals surface area contributed by atoms with Gasteiger partial charge in [-0.2, -0.15) is 0 Å². The minimum absolute atomic E-state index is 0.0626. The Kier molecular flexibility index (Phi) is 4.88. The van der Waals surface area contributed by atoms with Crippen molar-refractivity contribution in [3.8, 4) is 0 Å². The summed E-state index contributed by atoms with van der Waals surface area (Å²) >= 11 is 0. The molecule has 0 saturated carbocycles. The van der Waals surface area contributed by atoms with Gasteiger partial charge in [0.05, 0.1) is 17.0 Å². The molecule has 8 heteroatoms. The Balaban J connectivity index is 1.77. The van der Waals surface area contributed by atoms with Crippen LogP contribution in [0.15, 0.2) is 47.5 Å². The third-order valence-corrected chi connectivity index (χ3v) is 5.88. The van der Waals surface area contributed by atoms with Crippen LogP contribution in [0.25, 0.3) is 0 Å². The van der Waals surface area contributed by atoms with Crippen LogP contribution in [-0.2, 0) is 16.6 Å². The normalized spacial score (nSPS) is 15.2. The molecule has 2 amide bonds. The SMILES string of the molecule is CC[C@@H](C)NS(=O)(=O)c1ccc(CN2C(=O)c3cccnc3C2=O)cc1. The fourth-order valence-electron chi connectivity index (χ4n) is 2.63. The molecular weight excluding hydrogens is 354 g/mol. The summed E-state index contributed by atoms with van der Waals surface area (Å²) in [5.41, 5.74) is 1.09. The van der Waals surface area contributed by atoms with Crippen LogP contribution < -0.4 is 4.72 Å². The van der Waals surface area contributed by atoms with Crippen molar-refractivity contribution in [1.82, 2.24) is 14.6 Å². The van der Waals surface area contributed by atoms with Gasteiger partial charge in [0, 0.05) is 12.2 Å². The molecule has 1 atom stereocenters. The average Bonchev–Trinajstić information content (AvgIpc) is 2.87. The van der Waals surface area contributed by atoms with Gasteiger partial charge in [-0.25, -0.2) is 13.1 Å². The van der Waals surface area contributed by atoms with Gasteiger partial charge >= 0.3 is 0 Å². The molecule has 0 aliphatic carbocycles. The molecule has 26 heavy (non-hydrogen) atoms. The quantitative estimate of drug-likeness (QED) is 0.781. The number of rotatable bonds is 6. The zero-order valence-electron chi connectivity index (χ0n) is 14.5. The van der Waals surface area contributed by atoms with Crippen molar-refractivity contribution in [2.45, 2.75) is 37.8 Å². The van der Waals surface area contributed by atoms with Crippen LogP contribution in [0.3, 0.4) is 0 Å². The molecule has 0 unspecified atom stereocenters. The number of hydrogen-bond acceptors (Lipinski definition) is 5. The summed E-state index contributed by atoms with van der Waals surface area (Å²) in [6.07, 6.45) is 2.16. The largest absolute Gasteiger partial charge is 0.280 e. The second-order valence-electron chi connectivity index (χ2n) is 6.17. The average molecular weight is 373 g/mol. The van der Waals surface area contributed by atoms with Crippen molar-refractivity contribution in [2.75, 3.05) is 0 Å². The van der Waals surface area contributed by atoms with Gasteiger partial charge < -0.3 is 0 Å². The maximum atomic E-state index is 12.4. The van der Waals surface area contributed by atoms with Gasteiger partial charge in [0.2, 0.25) is 10.0 Å². The molecule has 1 aliphatic heterocycles. The van der Waals surface area contributed by atoms with E-state index in [0.29, 0.717) is 12.0 Å². The molecule has 1 aromatic heterocycles. The number of carbonyl (C=O) groups is 2. The Morgan fingerprint density at radius 2 is 1.81 bits per heavy atom. The standard InChI is InChI=1S/C18H19N3O4S/c1-3-12(2)20-26(24,25)14-8-6-13(7-9-14)11-21-17(22)15-5-4-10-19-16(15)18(21)23/h4-10,12,20H,3,11H2,1-2H3/t12-/m1/s1. The molecular formula is C18H19N3O4S. The maximum Gasteiger partial charge on any atom is 0.280 e. The Bertz CT molecular complexity index is 920. The first-order valence-electron chi connectivity index (χ1n) is 8.26.